The first-order chi connectivity index (χ1) is 7.24. The smallest absolute Gasteiger partial charge is 0.165 e. The minimum Gasteiger partial charge on any atom is -0.504 e. The minimum absolute atomic E-state index is 0.137. The summed E-state index contributed by atoms with van der Waals surface area (Å²) in [7, 11) is 0. The number of rotatable bonds is 2. The van der Waals surface area contributed by atoms with Gasteiger partial charge in [0.05, 0.1) is 6.26 Å². The zero-order chi connectivity index (χ0) is 10.8. The predicted molar refractivity (Wildman–Crippen MR) is 58.1 cm³/mol. The van der Waals surface area contributed by atoms with Gasteiger partial charge in [0, 0.05) is 10.8 Å². The molecule has 0 aliphatic carbocycles. The highest BCUT2D eigenvalue weighted by Crippen LogP contribution is 2.37. The fourth-order valence-electron chi connectivity index (χ4n) is 1.49. The van der Waals surface area contributed by atoms with Crippen LogP contribution in [0.5, 0.6) is 17.2 Å². The first kappa shape index (κ1) is 9.40. The van der Waals surface area contributed by atoms with E-state index in [0.717, 1.165) is 5.39 Å². The summed E-state index contributed by atoms with van der Waals surface area (Å²) in [6, 6.07) is 8.32. The van der Waals surface area contributed by atoms with Crippen LogP contribution in [0.4, 0.5) is 0 Å². The van der Waals surface area contributed by atoms with E-state index in [-0.39, 0.29) is 11.5 Å². The molecule has 0 fully saturated rings. The summed E-state index contributed by atoms with van der Waals surface area (Å²) in [6.45, 7) is 3.47. The Kier molecular flexibility index (Phi) is 2.21. The molecule has 0 saturated heterocycles. The molecule has 0 radical (unpaired) electrons. The lowest BCUT2D eigenvalue weighted by atomic mass is 10.1. The van der Waals surface area contributed by atoms with Crippen LogP contribution in [-0.4, -0.2) is 10.2 Å². The Morgan fingerprint density at radius 3 is 2.60 bits per heavy atom. The molecule has 15 heavy (non-hydrogen) atoms. The number of fused-ring (bicyclic) bond motifs is 1. The van der Waals surface area contributed by atoms with Crippen molar-refractivity contribution in [2.45, 2.75) is 0 Å². The van der Waals surface area contributed by atoms with Gasteiger partial charge < -0.3 is 14.9 Å². The van der Waals surface area contributed by atoms with Crippen LogP contribution in [0.1, 0.15) is 0 Å². The molecule has 0 heterocycles. The maximum absolute atomic E-state index is 9.62. The number of phenols is 2. The van der Waals surface area contributed by atoms with Crippen LogP contribution in [0.25, 0.3) is 10.8 Å². The first-order valence-electron chi connectivity index (χ1n) is 4.45. The molecule has 2 N–H and O–H groups in total. The number of benzene rings is 2. The largest absolute Gasteiger partial charge is 0.504 e. The van der Waals surface area contributed by atoms with Crippen molar-refractivity contribution in [2.24, 2.45) is 0 Å². The summed E-state index contributed by atoms with van der Waals surface area (Å²) in [5.41, 5.74) is 0. The third-order valence-corrected chi connectivity index (χ3v) is 2.18. The van der Waals surface area contributed by atoms with E-state index < -0.39 is 0 Å². The van der Waals surface area contributed by atoms with Crippen LogP contribution in [0.15, 0.2) is 43.2 Å². The second-order valence-electron chi connectivity index (χ2n) is 3.07. The highest BCUT2D eigenvalue weighted by atomic mass is 16.5. The van der Waals surface area contributed by atoms with E-state index in [0.29, 0.717) is 11.1 Å². The zero-order valence-corrected chi connectivity index (χ0v) is 7.97. The SMILES string of the molecule is C=COc1cccc2c(O)c(O)ccc12. The highest BCUT2D eigenvalue weighted by molar-refractivity contribution is 5.94. The molecule has 0 saturated carbocycles. The van der Waals surface area contributed by atoms with Gasteiger partial charge >= 0.3 is 0 Å². The van der Waals surface area contributed by atoms with Crippen molar-refractivity contribution in [1.29, 1.82) is 0 Å². The fourth-order valence-corrected chi connectivity index (χ4v) is 1.49. The Morgan fingerprint density at radius 1 is 1.07 bits per heavy atom. The van der Waals surface area contributed by atoms with Crippen molar-refractivity contribution in [3.05, 3.63) is 43.2 Å². The van der Waals surface area contributed by atoms with Gasteiger partial charge in [-0.25, -0.2) is 0 Å². The first-order valence-corrected chi connectivity index (χ1v) is 4.45. The number of hydrogen-bond donors (Lipinski definition) is 2. The van der Waals surface area contributed by atoms with Gasteiger partial charge in [-0.05, 0) is 18.2 Å². The van der Waals surface area contributed by atoms with E-state index in [4.69, 9.17) is 4.74 Å². The van der Waals surface area contributed by atoms with E-state index in [1.165, 1.54) is 12.3 Å². The van der Waals surface area contributed by atoms with Gasteiger partial charge in [-0.1, -0.05) is 18.7 Å². The fraction of sp³-hybridized carbons (Fsp3) is 0. The molecule has 0 aliphatic rings. The average Bonchev–Trinajstić information content (AvgIpc) is 2.25. The average molecular weight is 202 g/mol. The van der Waals surface area contributed by atoms with Gasteiger partial charge in [0.15, 0.2) is 11.5 Å². The van der Waals surface area contributed by atoms with Crippen molar-refractivity contribution in [3.8, 4) is 17.2 Å². The minimum atomic E-state index is -0.141. The Balaban J connectivity index is 2.77. The van der Waals surface area contributed by atoms with Crippen LogP contribution in [0, 0.1) is 0 Å². The van der Waals surface area contributed by atoms with Crippen LogP contribution >= 0.6 is 0 Å². The molecule has 2 rings (SSSR count). The van der Waals surface area contributed by atoms with Crippen molar-refractivity contribution >= 4 is 10.8 Å². The second kappa shape index (κ2) is 3.53. The van der Waals surface area contributed by atoms with Crippen molar-refractivity contribution in [2.75, 3.05) is 0 Å². The quantitative estimate of drug-likeness (QED) is 0.581. The highest BCUT2D eigenvalue weighted by Gasteiger charge is 2.08. The summed E-state index contributed by atoms with van der Waals surface area (Å²) < 4.78 is 5.19. The third-order valence-electron chi connectivity index (χ3n) is 2.18. The van der Waals surface area contributed by atoms with Gasteiger partial charge in [0.2, 0.25) is 0 Å². The number of aromatic hydroxyl groups is 2. The molecule has 0 atom stereocenters. The van der Waals surface area contributed by atoms with Gasteiger partial charge in [-0.3, -0.25) is 0 Å². The molecule has 0 amide bonds. The molecule has 0 unspecified atom stereocenters. The lowest BCUT2D eigenvalue weighted by Gasteiger charge is -2.07. The molecule has 2 aromatic carbocycles. The zero-order valence-electron chi connectivity index (χ0n) is 7.97. The maximum Gasteiger partial charge on any atom is 0.165 e. The van der Waals surface area contributed by atoms with Gasteiger partial charge in [0.1, 0.15) is 5.75 Å². The van der Waals surface area contributed by atoms with Crippen LogP contribution in [-0.2, 0) is 0 Å². The molecule has 0 aromatic heterocycles. The Labute approximate surface area is 86.9 Å². The summed E-state index contributed by atoms with van der Waals surface area (Å²) in [5, 5.41) is 20.2. The summed E-state index contributed by atoms with van der Waals surface area (Å²) in [5.74, 6) is 0.318. The Bertz CT molecular complexity index is 518. The van der Waals surface area contributed by atoms with Gasteiger partial charge in [0.25, 0.3) is 0 Å². The van der Waals surface area contributed by atoms with Crippen LogP contribution < -0.4 is 4.74 Å². The standard InChI is InChI=1S/C12H10O3/c1-2-15-11-5-3-4-9-8(11)6-7-10(13)12(9)14/h2-7,13-14H,1H2. The number of ether oxygens (including phenoxy) is 1. The topological polar surface area (TPSA) is 49.7 Å². The normalized spacial score (nSPS) is 10.1. The van der Waals surface area contributed by atoms with Crippen LogP contribution in [0.3, 0.4) is 0 Å². The molecule has 3 heteroatoms. The van der Waals surface area contributed by atoms with Gasteiger partial charge in [-0.2, -0.15) is 0 Å². The monoisotopic (exact) mass is 202 g/mol. The van der Waals surface area contributed by atoms with E-state index >= 15 is 0 Å². The van der Waals surface area contributed by atoms with Crippen molar-refractivity contribution in [1.82, 2.24) is 0 Å². The van der Waals surface area contributed by atoms with E-state index in [9.17, 15) is 10.2 Å². The van der Waals surface area contributed by atoms with Crippen molar-refractivity contribution in [3.63, 3.8) is 0 Å². The van der Waals surface area contributed by atoms with E-state index in [1.54, 1.807) is 24.3 Å². The summed E-state index contributed by atoms with van der Waals surface area (Å²) in [6.07, 6.45) is 1.32. The number of phenolic OH excluding ortho intramolecular Hbond substituents is 2. The third kappa shape index (κ3) is 1.48. The molecule has 0 spiro atoms. The van der Waals surface area contributed by atoms with E-state index in [1.807, 2.05) is 0 Å². The summed E-state index contributed by atoms with van der Waals surface area (Å²) >= 11 is 0. The lowest BCUT2D eigenvalue weighted by molar-refractivity contribution is 0.408. The lowest BCUT2D eigenvalue weighted by Crippen LogP contribution is -1.83. The van der Waals surface area contributed by atoms with E-state index in [2.05, 4.69) is 6.58 Å². The second-order valence-corrected chi connectivity index (χ2v) is 3.07. The maximum atomic E-state index is 9.62. The summed E-state index contributed by atoms with van der Waals surface area (Å²) in [4.78, 5) is 0. The van der Waals surface area contributed by atoms with Crippen molar-refractivity contribution < 1.29 is 14.9 Å². The molecule has 0 bridgehead atoms. The molecule has 2 aromatic rings. The molecular weight excluding hydrogens is 192 g/mol. The Hall–Kier alpha value is -2.16. The number of hydrogen-bond acceptors (Lipinski definition) is 3. The molecule has 0 aliphatic heterocycles. The Morgan fingerprint density at radius 2 is 1.87 bits per heavy atom. The molecule has 3 nitrogen and oxygen atoms in total. The molecular formula is C12H10O3. The molecule has 76 valence electrons. The predicted octanol–water partition coefficient (Wildman–Crippen LogP) is 2.77. The van der Waals surface area contributed by atoms with Gasteiger partial charge in [-0.15, -0.1) is 0 Å². The van der Waals surface area contributed by atoms with Crippen LogP contribution in [0.2, 0.25) is 0 Å².